The Bertz CT molecular complexity index is 1540. The molecule has 1 saturated heterocycles. The Morgan fingerprint density at radius 2 is 1.83 bits per heavy atom. The molecule has 0 radical (unpaired) electrons. The molecule has 0 unspecified atom stereocenters. The number of benzene rings is 3. The van der Waals surface area contributed by atoms with Gasteiger partial charge in [0.15, 0.2) is 5.75 Å². The minimum atomic E-state index is -0.792. The normalized spacial score (nSPS) is 14.1. The molecule has 2 heterocycles. The third-order valence-corrected chi connectivity index (χ3v) is 7.10. The van der Waals surface area contributed by atoms with Crippen molar-refractivity contribution in [2.24, 2.45) is 0 Å². The fourth-order valence-corrected chi connectivity index (χ4v) is 4.82. The number of morpholine rings is 1. The molecule has 1 aromatic heterocycles. The van der Waals surface area contributed by atoms with Gasteiger partial charge in [0.25, 0.3) is 11.7 Å². The molecule has 3 aromatic carbocycles. The van der Waals surface area contributed by atoms with E-state index in [9.17, 15) is 9.59 Å². The average molecular weight is 559 g/mol. The first kappa shape index (κ1) is 28.2. The summed E-state index contributed by atoms with van der Waals surface area (Å²) in [5.41, 5.74) is 1.78. The highest BCUT2D eigenvalue weighted by Gasteiger charge is 2.26. The molecular formula is C30H34N6O5. The van der Waals surface area contributed by atoms with Gasteiger partial charge >= 0.3 is 0 Å². The van der Waals surface area contributed by atoms with E-state index in [1.165, 1.54) is 7.11 Å². The number of anilines is 1. The quantitative estimate of drug-likeness (QED) is 0.232. The van der Waals surface area contributed by atoms with Crippen LogP contribution in [0.1, 0.15) is 36.7 Å². The van der Waals surface area contributed by atoms with E-state index in [0.717, 1.165) is 43.8 Å². The minimum absolute atomic E-state index is 0.276. The number of Topliss-reactive ketones (excluding diaryl/α,β-unsaturated/α-hetero) is 1. The van der Waals surface area contributed by atoms with E-state index in [0.29, 0.717) is 40.6 Å². The molecule has 214 valence electrons. The van der Waals surface area contributed by atoms with E-state index < -0.39 is 11.7 Å². The van der Waals surface area contributed by atoms with Crippen LogP contribution in [-0.2, 0) is 14.9 Å². The van der Waals surface area contributed by atoms with Gasteiger partial charge in [-0.05, 0) is 45.8 Å². The highest BCUT2D eigenvalue weighted by Crippen LogP contribution is 2.39. The summed E-state index contributed by atoms with van der Waals surface area (Å²) in [5, 5.41) is 18.4. The minimum Gasteiger partial charge on any atom is -0.494 e. The van der Waals surface area contributed by atoms with Crippen molar-refractivity contribution in [2.75, 3.05) is 51.9 Å². The summed E-state index contributed by atoms with van der Waals surface area (Å²) in [6, 6.07) is 14.5. The number of rotatable bonds is 9. The predicted octanol–water partition coefficient (Wildman–Crippen LogP) is 3.86. The number of carbonyl (C=O) groups is 2. The Morgan fingerprint density at radius 3 is 2.51 bits per heavy atom. The molecule has 11 heteroatoms. The molecule has 2 N–H and O–H groups in total. The topological polar surface area (TPSA) is 132 Å². The summed E-state index contributed by atoms with van der Waals surface area (Å²) in [6.45, 7) is 10.6. The Balaban J connectivity index is 1.41. The fraction of sp³-hybridized carbons (Fsp3) is 0.367. The number of nitrogens with zero attached hydrogens (tertiary/aromatic N) is 4. The second kappa shape index (κ2) is 12.0. The fourth-order valence-electron chi connectivity index (χ4n) is 4.82. The zero-order chi connectivity index (χ0) is 29.0. The van der Waals surface area contributed by atoms with Crippen LogP contribution in [-0.4, -0.2) is 83.8 Å². The number of hydrogen-bond acceptors (Lipinski definition) is 9. The molecule has 0 saturated carbocycles. The monoisotopic (exact) mass is 558 g/mol. The van der Waals surface area contributed by atoms with Gasteiger partial charge in [-0.25, -0.2) is 0 Å². The molecule has 1 aliphatic rings. The number of aromatic amines is 1. The van der Waals surface area contributed by atoms with Gasteiger partial charge in [-0.3, -0.25) is 14.5 Å². The van der Waals surface area contributed by atoms with Gasteiger partial charge in [0.05, 0.1) is 31.6 Å². The maximum absolute atomic E-state index is 13.5. The van der Waals surface area contributed by atoms with Crippen LogP contribution in [0.25, 0.3) is 22.2 Å². The summed E-state index contributed by atoms with van der Waals surface area (Å²) >= 11 is 0. The Hall–Kier alpha value is -4.35. The highest BCUT2D eigenvalue weighted by molar-refractivity contribution is 6.48. The van der Waals surface area contributed by atoms with Gasteiger partial charge < -0.3 is 19.5 Å². The lowest BCUT2D eigenvalue weighted by atomic mass is 9.85. The first-order valence-electron chi connectivity index (χ1n) is 13.5. The predicted molar refractivity (Wildman–Crippen MR) is 155 cm³/mol. The van der Waals surface area contributed by atoms with Crippen molar-refractivity contribution in [1.82, 2.24) is 25.5 Å². The Morgan fingerprint density at radius 1 is 1.07 bits per heavy atom. The summed E-state index contributed by atoms with van der Waals surface area (Å²) in [6.07, 6.45) is 0. The van der Waals surface area contributed by atoms with Gasteiger partial charge in [-0.15, -0.1) is 10.2 Å². The number of amides is 1. The maximum Gasteiger partial charge on any atom is 0.296 e. The molecule has 1 aliphatic heterocycles. The molecule has 0 bridgehead atoms. The Kier molecular flexibility index (Phi) is 8.27. The van der Waals surface area contributed by atoms with Crippen molar-refractivity contribution < 1.29 is 23.8 Å². The Labute approximate surface area is 238 Å². The molecule has 41 heavy (non-hydrogen) atoms. The first-order valence-corrected chi connectivity index (χ1v) is 13.5. The third kappa shape index (κ3) is 6.21. The van der Waals surface area contributed by atoms with Crippen molar-refractivity contribution in [3.63, 3.8) is 0 Å². The summed E-state index contributed by atoms with van der Waals surface area (Å²) < 4.78 is 17.2. The van der Waals surface area contributed by atoms with Crippen molar-refractivity contribution >= 4 is 28.2 Å². The highest BCUT2D eigenvalue weighted by atomic mass is 16.5. The van der Waals surface area contributed by atoms with Gasteiger partial charge in [-0.1, -0.05) is 45.0 Å². The van der Waals surface area contributed by atoms with Crippen LogP contribution in [0.3, 0.4) is 0 Å². The SMILES string of the molecule is COc1c(NC(=O)C(=O)c2ccc(OCCN3CCOCC3)c3ccccc23)cc(C(C)(C)C)cc1-c1nn[nH]n1. The molecule has 1 fully saturated rings. The zero-order valence-electron chi connectivity index (χ0n) is 23.7. The van der Waals surface area contributed by atoms with Gasteiger partial charge in [0, 0.05) is 30.6 Å². The maximum atomic E-state index is 13.5. The molecule has 4 aromatic rings. The standard InChI is InChI=1S/C30H34N6O5/c1-30(2,3)19-17-23(28-32-34-35-33-28)27(39-4)24(18-19)31-29(38)26(37)22-9-10-25(21-8-6-5-7-20(21)22)41-16-13-36-11-14-40-15-12-36/h5-10,17-18H,11-16H2,1-4H3,(H,31,38)(H,32,33,34,35). The summed E-state index contributed by atoms with van der Waals surface area (Å²) in [4.78, 5) is 29.2. The molecule has 11 nitrogen and oxygen atoms in total. The number of H-pyrrole nitrogens is 1. The van der Waals surface area contributed by atoms with Gasteiger partial charge in [0.2, 0.25) is 5.82 Å². The molecule has 1 amide bonds. The molecule has 5 rings (SSSR count). The number of fused-ring (bicyclic) bond motifs is 1. The number of ether oxygens (including phenoxy) is 3. The van der Waals surface area contributed by atoms with Crippen molar-refractivity contribution in [2.45, 2.75) is 26.2 Å². The van der Waals surface area contributed by atoms with Crippen LogP contribution in [0.4, 0.5) is 5.69 Å². The van der Waals surface area contributed by atoms with Crippen molar-refractivity contribution in [1.29, 1.82) is 0 Å². The lowest BCUT2D eigenvalue weighted by Gasteiger charge is -2.26. The van der Waals surface area contributed by atoms with Crippen LogP contribution >= 0.6 is 0 Å². The second-order valence-corrected chi connectivity index (χ2v) is 10.8. The number of nitrogens with one attached hydrogen (secondary N) is 2. The van der Waals surface area contributed by atoms with E-state index in [1.807, 2.05) is 51.1 Å². The van der Waals surface area contributed by atoms with Crippen molar-refractivity contribution in [3.05, 3.63) is 59.7 Å². The van der Waals surface area contributed by atoms with E-state index >= 15 is 0 Å². The zero-order valence-corrected chi connectivity index (χ0v) is 23.7. The van der Waals surface area contributed by atoms with E-state index in [-0.39, 0.29) is 11.0 Å². The smallest absolute Gasteiger partial charge is 0.296 e. The molecule has 0 spiro atoms. The molecular weight excluding hydrogens is 524 g/mol. The second-order valence-electron chi connectivity index (χ2n) is 10.8. The first-order chi connectivity index (χ1) is 19.8. The summed E-state index contributed by atoms with van der Waals surface area (Å²) in [7, 11) is 1.48. The van der Waals surface area contributed by atoms with E-state index in [1.54, 1.807) is 18.2 Å². The third-order valence-electron chi connectivity index (χ3n) is 7.10. The largest absolute Gasteiger partial charge is 0.494 e. The molecule has 0 atom stereocenters. The van der Waals surface area contributed by atoms with Crippen molar-refractivity contribution in [3.8, 4) is 22.9 Å². The lowest BCUT2D eigenvalue weighted by molar-refractivity contribution is -0.112. The number of ketones is 1. The lowest BCUT2D eigenvalue weighted by Crippen LogP contribution is -2.38. The number of carbonyl (C=O) groups excluding carboxylic acids is 2. The van der Waals surface area contributed by atoms with Gasteiger partial charge in [-0.2, -0.15) is 5.21 Å². The van der Waals surface area contributed by atoms with E-state index in [4.69, 9.17) is 14.2 Å². The number of aromatic nitrogens is 4. The van der Waals surface area contributed by atoms with Crippen LogP contribution < -0.4 is 14.8 Å². The van der Waals surface area contributed by atoms with Crippen LogP contribution in [0.15, 0.2) is 48.5 Å². The summed E-state index contributed by atoms with van der Waals surface area (Å²) in [5.74, 6) is -0.167. The van der Waals surface area contributed by atoms with Crippen LogP contribution in [0.5, 0.6) is 11.5 Å². The van der Waals surface area contributed by atoms with Gasteiger partial charge in [0.1, 0.15) is 12.4 Å². The number of methoxy groups -OCH3 is 1. The molecule has 0 aliphatic carbocycles. The number of tetrazole rings is 1. The number of hydrogen-bond donors (Lipinski definition) is 2. The van der Waals surface area contributed by atoms with Crippen LogP contribution in [0.2, 0.25) is 0 Å². The average Bonchev–Trinajstić information content (AvgIpc) is 3.51. The van der Waals surface area contributed by atoms with Crippen LogP contribution in [0, 0.1) is 0 Å². The van der Waals surface area contributed by atoms with E-state index in [2.05, 4.69) is 30.8 Å².